The highest BCUT2D eigenvalue weighted by molar-refractivity contribution is 5.28. The summed E-state index contributed by atoms with van der Waals surface area (Å²) in [6.07, 6.45) is 1.79. The van der Waals surface area contributed by atoms with Crippen LogP contribution in [0, 0.1) is 0 Å². The third-order valence-electron chi connectivity index (χ3n) is 3.05. The lowest BCUT2D eigenvalue weighted by Crippen LogP contribution is -2.45. The predicted molar refractivity (Wildman–Crippen MR) is 76.8 cm³/mol. The molecule has 0 spiro atoms. The second kappa shape index (κ2) is 5.95. The number of hydrogen-bond acceptors (Lipinski definition) is 3. The van der Waals surface area contributed by atoms with E-state index in [0.717, 1.165) is 11.3 Å². The van der Waals surface area contributed by atoms with E-state index in [1.807, 2.05) is 50.2 Å². The van der Waals surface area contributed by atoms with Crippen LogP contribution < -0.4 is 5.32 Å². The lowest BCUT2D eigenvalue weighted by atomic mass is 9.98. The van der Waals surface area contributed by atoms with Gasteiger partial charge in [-0.2, -0.15) is 0 Å². The molecule has 3 heteroatoms. The summed E-state index contributed by atoms with van der Waals surface area (Å²) in [6, 6.07) is 16.0. The molecule has 1 unspecified atom stereocenters. The minimum absolute atomic E-state index is 0.0236. The Labute approximate surface area is 114 Å². The fourth-order valence-electron chi connectivity index (χ4n) is 1.96. The number of nitrogens with zero attached hydrogens (tertiary/aromatic N) is 1. The summed E-state index contributed by atoms with van der Waals surface area (Å²) in [6.45, 7) is 4.03. The van der Waals surface area contributed by atoms with Crippen LogP contribution in [-0.2, 0) is 0 Å². The summed E-state index contributed by atoms with van der Waals surface area (Å²) in [5.41, 5.74) is 1.73. The first kappa shape index (κ1) is 13.7. The number of pyridine rings is 1. The van der Waals surface area contributed by atoms with Crippen molar-refractivity contribution in [2.45, 2.75) is 25.4 Å². The molecule has 0 saturated heterocycles. The monoisotopic (exact) mass is 256 g/mol. The van der Waals surface area contributed by atoms with Crippen molar-refractivity contribution in [1.29, 1.82) is 0 Å². The van der Waals surface area contributed by atoms with Crippen LogP contribution in [0.25, 0.3) is 0 Å². The molecule has 0 fully saturated rings. The maximum atomic E-state index is 9.45. The number of hydrogen-bond donors (Lipinski definition) is 2. The average Bonchev–Trinajstić information content (AvgIpc) is 2.47. The molecule has 1 aromatic heterocycles. The van der Waals surface area contributed by atoms with Crippen molar-refractivity contribution in [2.75, 3.05) is 6.61 Å². The molecule has 0 radical (unpaired) electrons. The molecular weight excluding hydrogens is 236 g/mol. The second-order valence-electron chi connectivity index (χ2n) is 5.28. The molecule has 0 bridgehead atoms. The van der Waals surface area contributed by atoms with Crippen LogP contribution in [0.1, 0.15) is 31.1 Å². The average molecular weight is 256 g/mol. The fourth-order valence-corrected chi connectivity index (χ4v) is 1.96. The van der Waals surface area contributed by atoms with Crippen molar-refractivity contribution in [2.24, 2.45) is 0 Å². The first-order valence-corrected chi connectivity index (χ1v) is 6.47. The molecule has 100 valence electrons. The summed E-state index contributed by atoms with van der Waals surface area (Å²) >= 11 is 0. The minimum Gasteiger partial charge on any atom is -0.394 e. The molecule has 0 aliphatic rings. The van der Waals surface area contributed by atoms with E-state index in [1.165, 1.54) is 0 Å². The third-order valence-corrected chi connectivity index (χ3v) is 3.05. The van der Waals surface area contributed by atoms with E-state index in [2.05, 4.69) is 22.4 Å². The molecule has 1 atom stereocenters. The van der Waals surface area contributed by atoms with Gasteiger partial charge in [-0.3, -0.25) is 10.3 Å². The molecule has 3 nitrogen and oxygen atoms in total. The highest BCUT2D eigenvalue weighted by atomic mass is 16.3. The molecule has 2 aromatic rings. The molecule has 0 saturated carbocycles. The van der Waals surface area contributed by atoms with Crippen molar-refractivity contribution in [3.8, 4) is 0 Å². The Hall–Kier alpha value is -1.71. The van der Waals surface area contributed by atoms with Gasteiger partial charge in [0.25, 0.3) is 0 Å². The van der Waals surface area contributed by atoms with Gasteiger partial charge in [-0.1, -0.05) is 36.4 Å². The largest absolute Gasteiger partial charge is 0.394 e. The standard InChI is InChI=1S/C16H20N2O/c1-16(2,12-19)18-15(13-8-4-3-5-9-13)14-10-6-7-11-17-14/h3-11,15,18-19H,12H2,1-2H3. The summed E-state index contributed by atoms with van der Waals surface area (Å²) in [7, 11) is 0. The van der Waals surface area contributed by atoms with Crippen LogP contribution in [0.15, 0.2) is 54.7 Å². The van der Waals surface area contributed by atoms with Crippen LogP contribution >= 0.6 is 0 Å². The van der Waals surface area contributed by atoms with Crippen LogP contribution in [0.3, 0.4) is 0 Å². The zero-order chi connectivity index (χ0) is 13.7. The molecular formula is C16H20N2O. The smallest absolute Gasteiger partial charge is 0.0756 e. The van der Waals surface area contributed by atoms with Crippen LogP contribution in [0.4, 0.5) is 0 Å². The van der Waals surface area contributed by atoms with Crippen molar-refractivity contribution in [3.63, 3.8) is 0 Å². The highest BCUT2D eigenvalue weighted by Crippen LogP contribution is 2.22. The third kappa shape index (κ3) is 3.63. The summed E-state index contributed by atoms with van der Waals surface area (Å²) in [5.74, 6) is 0. The first-order valence-electron chi connectivity index (χ1n) is 6.47. The van der Waals surface area contributed by atoms with Crippen molar-refractivity contribution in [1.82, 2.24) is 10.3 Å². The zero-order valence-electron chi connectivity index (χ0n) is 11.4. The molecule has 2 rings (SSSR count). The Kier molecular flexibility index (Phi) is 4.30. The van der Waals surface area contributed by atoms with E-state index in [9.17, 15) is 5.11 Å². The number of aliphatic hydroxyl groups excluding tert-OH is 1. The molecule has 1 heterocycles. The van der Waals surface area contributed by atoms with Crippen molar-refractivity contribution < 1.29 is 5.11 Å². The Morgan fingerprint density at radius 3 is 2.37 bits per heavy atom. The second-order valence-corrected chi connectivity index (χ2v) is 5.28. The van der Waals surface area contributed by atoms with Gasteiger partial charge in [-0.15, -0.1) is 0 Å². The molecule has 0 aliphatic carbocycles. The summed E-state index contributed by atoms with van der Waals surface area (Å²) in [5, 5.41) is 12.9. The zero-order valence-corrected chi connectivity index (χ0v) is 11.4. The van der Waals surface area contributed by atoms with Gasteiger partial charge in [-0.25, -0.2) is 0 Å². The topological polar surface area (TPSA) is 45.1 Å². The van der Waals surface area contributed by atoms with Gasteiger partial charge in [-0.05, 0) is 31.5 Å². The van der Waals surface area contributed by atoms with Crippen molar-refractivity contribution in [3.05, 3.63) is 66.0 Å². The van der Waals surface area contributed by atoms with E-state index in [1.54, 1.807) is 6.20 Å². The molecule has 2 N–H and O–H groups in total. The first-order chi connectivity index (χ1) is 9.12. The van der Waals surface area contributed by atoms with E-state index in [-0.39, 0.29) is 18.2 Å². The molecule has 19 heavy (non-hydrogen) atoms. The lowest BCUT2D eigenvalue weighted by Gasteiger charge is -2.30. The summed E-state index contributed by atoms with van der Waals surface area (Å²) < 4.78 is 0. The Bertz CT molecular complexity index is 457. The number of nitrogens with one attached hydrogen (secondary N) is 1. The van der Waals surface area contributed by atoms with Gasteiger partial charge in [0.2, 0.25) is 0 Å². The van der Waals surface area contributed by atoms with E-state index >= 15 is 0 Å². The van der Waals surface area contributed by atoms with Gasteiger partial charge >= 0.3 is 0 Å². The molecule has 0 aliphatic heterocycles. The lowest BCUT2D eigenvalue weighted by molar-refractivity contribution is 0.180. The van der Waals surface area contributed by atoms with Crippen LogP contribution in [0.2, 0.25) is 0 Å². The molecule has 1 aromatic carbocycles. The fraction of sp³-hybridized carbons (Fsp3) is 0.312. The minimum atomic E-state index is -0.363. The van der Waals surface area contributed by atoms with E-state index < -0.39 is 0 Å². The number of aromatic nitrogens is 1. The SMILES string of the molecule is CC(C)(CO)NC(c1ccccc1)c1ccccn1. The number of rotatable bonds is 5. The van der Waals surface area contributed by atoms with Crippen LogP contribution in [-0.4, -0.2) is 22.2 Å². The molecule has 0 amide bonds. The van der Waals surface area contributed by atoms with Gasteiger partial charge in [0.15, 0.2) is 0 Å². The van der Waals surface area contributed by atoms with E-state index in [0.29, 0.717) is 0 Å². The Morgan fingerprint density at radius 1 is 1.11 bits per heavy atom. The normalized spacial score (nSPS) is 13.2. The quantitative estimate of drug-likeness (QED) is 0.864. The summed E-state index contributed by atoms with van der Waals surface area (Å²) in [4.78, 5) is 4.43. The maximum absolute atomic E-state index is 9.45. The Morgan fingerprint density at radius 2 is 1.79 bits per heavy atom. The van der Waals surface area contributed by atoms with Crippen molar-refractivity contribution >= 4 is 0 Å². The Balaban J connectivity index is 2.35. The van der Waals surface area contributed by atoms with Gasteiger partial charge < -0.3 is 5.11 Å². The number of benzene rings is 1. The predicted octanol–water partition coefficient (Wildman–Crippen LogP) is 2.53. The van der Waals surface area contributed by atoms with Gasteiger partial charge in [0.05, 0.1) is 18.3 Å². The highest BCUT2D eigenvalue weighted by Gasteiger charge is 2.24. The van der Waals surface area contributed by atoms with Gasteiger partial charge in [0, 0.05) is 11.7 Å². The number of aliphatic hydroxyl groups is 1. The maximum Gasteiger partial charge on any atom is 0.0756 e. The van der Waals surface area contributed by atoms with Gasteiger partial charge in [0.1, 0.15) is 0 Å². The van der Waals surface area contributed by atoms with Crippen LogP contribution in [0.5, 0.6) is 0 Å². The van der Waals surface area contributed by atoms with E-state index in [4.69, 9.17) is 0 Å².